The predicted molar refractivity (Wildman–Crippen MR) is 90.8 cm³/mol. The van der Waals surface area contributed by atoms with Crippen molar-refractivity contribution >= 4 is 33.4 Å². The number of fused-ring (bicyclic) bond motifs is 2. The maximum Gasteiger partial charge on any atom is 0.261 e. The van der Waals surface area contributed by atoms with Gasteiger partial charge in [0.2, 0.25) is 5.43 Å². The molecule has 0 saturated carbocycles. The summed E-state index contributed by atoms with van der Waals surface area (Å²) in [7, 11) is 0. The van der Waals surface area contributed by atoms with Crippen molar-refractivity contribution in [3.63, 3.8) is 0 Å². The van der Waals surface area contributed by atoms with E-state index < -0.39 is 5.91 Å². The fraction of sp³-hybridized carbons (Fsp3) is 0. The summed E-state index contributed by atoms with van der Waals surface area (Å²) in [5.74, 6) is -0.425. The van der Waals surface area contributed by atoms with Crippen molar-refractivity contribution < 1.29 is 4.79 Å². The van der Waals surface area contributed by atoms with Gasteiger partial charge in [0, 0.05) is 34.2 Å². The van der Waals surface area contributed by atoms with Crippen LogP contribution < -0.4 is 10.7 Å². The third-order valence-corrected chi connectivity index (χ3v) is 3.88. The van der Waals surface area contributed by atoms with Crippen LogP contribution in [0.1, 0.15) is 10.4 Å². The number of anilines is 1. The summed E-state index contributed by atoms with van der Waals surface area (Å²) in [5, 5.41) is 4.21. The van der Waals surface area contributed by atoms with Gasteiger partial charge in [-0.25, -0.2) is 0 Å². The van der Waals surface area contributed by atoms with Crippen LogP contribution in [-0.4, -0.2) is 15.9 Å². The zero-order valence-electron chi connectivity index (χ0n) is 12.1. The molecule has 0 fully saturated rings. The summed E-state index contributed by atoms with van der Waals surface area (Å²) in [6.07, 6.45) is 3.26. The molecule has 2 aromatic heterocycles. The lowest BCUT2D eigenvalue weighted by Crippen LogP contribution is -2.21. The van der Waals surface area contributed by atoms with Crippen LogP contribution in [0.3, 0.4) is 0 Å². The lowest BCUT2D eigenvalue weighted by molar-refractivity contribution is 0.102. The number of H-pyrrole nitrogens is 2. The second-order valence-corrected chi connectivity index (χ2v) is 5.28. The first-order valence-corrected chi connectivity index (χ1v) is 7.22. The first kappa shape index (κ1) is 13.3. The zero-order valence-corrected chi connectivity index (χ0v) is 12.1. The minimum Gasteiger partial charge on any atom is -0.361 e. The quantitative estimate of drug-likeness (QED) is 0.531. The molecule has 5 heteroatoms. The van der Waals surface area contributed by atoms with Crippen molar-refractivity contribution in [2.45, 2.75) is 0 Å². The lowest BCUT2D eigenvalue weighted by atomic mass is 10.1. The zero-order chi connectivity index (χ0) is 15.8. The molecule has 0 atom stereocenters. The molecule has 4 rings (SSSR count). The molecule has 0 unspecified atom stereocenters. The number of carbonyl (C=O) groups is 1. The van der Waals surface area contributed by atoms with Crippen molar-refractivity contribution in [2.24, 2.45) is 0 Å². The molecule has 5 nitrogen and oxygen atoms in total. The minimum absolute atomic E-state index is 0.0937. The number of hydrogen-bond acceptors (Lipinski definition) is 2. The van der Waals surface area contributed by atoms with Crippen LogP contribution in [0.15, 0.2) is 65.7 Å². The standard InChI is InChI=1S/C18H13N3O2/c22-17-12-4-1-2-5-15(12)20-10-13(17)18(23)21-16-7-3-6-14-11(16)8-9-19-14/h1-10,19H,(H,20,22)(H,21,23). The first-order chi connectivity index (χ1) is 11.2. The smallest absolute Gasteiger partial charge is 0.261 e. The molecule has 0 radical (unpaired) electrons. The van der Waals surface area contributed by atoms with Crippen LogP contribution in [0, 0.1) is 0 Å². The molecule has 23 heavy (non-hydrogen) atoms. The summed E-state index contributed by atoms with van der Waals surface area (Å²) in [4.78, 5) is 31.1. The Hall–Kier alpha value is -3.34. The molecule has 4 aromatic rings. The van der Waals surface area contributed by atoms with Crippen molar-refractivity contribution in [3.05, 3.63) is 76.7 Å². The Bertz CT molecular complexity index is 1090. The van der Waals surface area contributed by atoms with Crippen molar-refractivity contribution in [3.8, 4) is 0 Å². The van der Waals surface area contributed by atoms with E-state index in [-0.39, 0.29) is 11.0 Å². The van der Waals surface area contributed by atoms with Crippen LogP contribution in [0.25, 0.3) is 21.8 Å². The fourth-order valence-corrected chi connectivity index (χ4v) is 2.72. The maximum absolute atomic E-state index is 12.5. The van der Waals surface area contributed by atoms with E-state index in [9.17, 15) is 9.59 Å². The van der Waals surface area contributed by atoms with Crippen molar-refractivity contribution in [1.29, 1.82) is 0 Å². The molecule has 2 aromatic carbocycles. The average Bonchev–Trinajstić information content (AvgIpc) is 3.05. The fourth-order valence-electron chi connectivity index (χ4n) is 2.72. The van der Waals surface area contributed by atoms with E-state index in [0.29, 0.717) is 16.6 Å². The van der Waals surface area contributed by atoms with Gasteiger partial charge in [0.25, 0.3) is 5.91 Å². The summed E-state index contributed by atoms with van der Waals surface area (Å²) < 4.78 is 0. The number of aromatic amines is 2. The van der Waals surface area contributed by atoms with Gasteiger partial charge in [-0.2, -0.15) is 0 Å². The van der Waals surface area contributed by atoms with Gasteiger partial charge in [-0.3, -0.25) is 9.59 Å². The van der Waals surface area contributed by atoms with E-state index in [1.165, 1.54) is 6.20 Å². The highest BCUT2D eigenvalue weighted by Gasteiger charge is 2.14. The monoisotopic (exact) mass is 303 g/mol. The highest BCUT2D eigenvalue weighted by atomic mass is 16.2. The number of pyridine rings is 1. The van der Waals surface area contributed by atoms with Crippen molar-refractivity contribution in [1.82, 2.24) is 9.97 Å². The Balaban J connectivity index is 1.76. The maximum atomic E-state index is 12.5. The van der Waals surface area contributed by atoms with Gasteiger partial charge in [-0.05, 0) is 30.3 Å². The number of rotatable bonds is 2. The molecular weight excluding hydrogens is 290 g/mol. The van der Waals surface area contributed by atoms with E-state index >= 15 is 0 Å². The van der Waals surface area contributed by atoms with Gasteiger partial charge in [0.05, 0.1) is 5.69 Å². The summed E-state index contributed by atoms with van der Waals surface area (Å²) in [6.45, 7) is 0. The number of carbonyl (C=O) groups excluding carboxylic acids is 1. The van der Waals surface area contributed by atoms with Gasteiger partial charge in [0.15, 0.2) is 0 Å². The first-order valence-electron chi connectivity index (χ1n) is 7.22. The van der Waals surface area contributed by atoms with Crippen LogP contribution in [0.5, 0.6) is 0 Å². The third kappa shape index (κ3) is 2.19. The molecule has 3 N–H and O–H groups in total. The molecular formula is C18H13N3O2. The molecule has 0 aliphatic rings. The van der Waals surface area contributed by atoms with Crippen LogP contribution in [0.4, 0.5) is 5.69 Å². The lowest BCUT2D eigenvalue weighted by Gasteiger charge is -2.07. The Labute approximate surface area is 131 Å². The van der Waals surface area contributed by atoms with Crippen LogP contribution in [0.2, 0.25) is 0 Å². The topological polar surface area (TPSA) is 77.8 Å². The molecule has 0 aliphatic carbocycles. The largest absolute Gasteiger partial charge is 0.361 e. The SMILES string of the molecule is O=C(Nc1cccc2[nH]ccc12)c1c[nH]c2ccccc2c1=O. The summed E-state index contributed by atoms with van der Waals surface area (Å²) in [6, 6.07) is 14.6. The highest BCUT2D eigenvalue weighted by molar-refractivity contribution is 6.09. The molecule has 1 amide bonds. The minimum atomic E-state index is -0.425. The van der Waals surface area contributed by atoms with E-state index in [1.54, 1.807) is 18.2 Å². The van der Waals surface area contributed by atoms with E-state index in [1.807, 2.05) is 36.5 Å². The van der Waals surface area contributed by atoms with E-state index in [2.05, 4.69) is 15.3 Å². The van der Waals surface area contributed by atoms with Crippen LogP contribution in [-0.2, 0) is 0 Å². The number of aromatic nitrogens is 2. The summed E-state index contributed by atoms with van der Waals surface area (Å²) >= 11 is 0. The average molecular weight is 303 g/mol. The number of para-hydroxylation sites is 1. The van der Waals surface area contributed by atoms with Gasteiger partial charge >= 0.3 is 0 Å². The normalized spacial score (nSPS) is 11.0. The Morgan fingerprint density at radius 3 is 2.57 bits per heavy atom. The number of hydrogen-bond donors (Lipinski definition) is 3. The molecule has 0 aliphatic heterocycles. The number of amides is 1. The van der Waals surface area contributed by atoms with E-state index in [4.69, 9.17) is 0 Å². The Kier molecular flexibility index (Phi) is 2.98. The number of benzene rings is 2. The second kappa shape index (κ2) is 5.14. The van der Waals surface area contributed by atoms with Crippen molar-refractivity contribution in [2.75, 3.05) is 5.32 Å². The summed E-state index contributed by atoms with van der Waals surface area (Å²) in [5.41, 5.74) is 2.12. The molecule has 0 spiro atoms. The molecule has 0 saturated heterocycles. The van der Waals surface area contributed by atoms with Gasteiger partial charge in [-0.1, -0.05) is 18.2 Å². The van der Waals surface area contributed by atoms with Gasteiger partial charge in [0.1, 0.15) is 5.56 Å². The Morgan fingerprint density at radius 1 is 0.870 bits per heavy atom. The predicted octanol–water partition coefficient (Wildman–Crippen LogP) is 3.26. The Morgan fingerprint density at radius 2 is 1.65 bits per heavy atom. The van der Waals surface area contributed by atoms with E-state index in [0.717, 1.165) is 10.9 Å². The molecule has 0 bridgehead atoms. The van der Waals surface area contributed by atoms with Gasteiger partial charge < -0.3 is 15.3 Å². The van der Waals surface area contributed by atoms with Crippen LogP contribution >= 0.6 is 0 Å². The highest BCUT2D eigenvalue weighted by Crippen LogP contribution is 2.22. The number of nitrogens with one attached hydrogen (secondary N) is 3. The molecule has 2 heterocycles. The second-order valence-electron chi connectivity index (χ2n) is 5.28. The molecule has 112 valence electrons. The van der Waals surface area contributed by atoms with Gasteiger partial charge in [-0.15, -0.1) is 0 Å². The third-order valence-electron chi connectivity index (χ3n) is 3.88.